The maximum atomic E-state index is 12.4. The minimum atomic E-state index is -0.437. The average Bonchev–Trinajstić information content (AvgIpc) is 2.65. The molecule has 3 N–H and O–H groups in total. The maximum Gasteiger partial charge on any atom is 0.269 e. The Morgan fingerprint density at radius 2 is 1.70 bits per heavy atom. The van der Waals surface area contributed by atoms with Crippen LogP contribution in [0, 0.1) is 5.92 Å². The Balaban J connectivity index is 1.91. The van der Waals surface area contributed by atoms with Crippen LogP contribution in [-0.4, -0.2) is 23.5 Å². The molecule has 0 spiro atoms. The highest BCUT2D eigenvalue weighted by atomic mass is 35.5. The molecular formula is C19H20ClN3O3S. The molecule has 0 aliphatic carbocycles. The second-order valence-electron chi connectivity index (χ2n) is 6.07. The summed E-state index contributed by atoms with van der Waals surface area (Å²) in [4.78, 5) is 24.4. The number of hydrazine groups is 1. The van der Waals surface area contributed by atoms with Crippen molar-refractivity contribution in [1.82, 2.24) is 16.2 Å². The van der Waals surface area contributed by atoms with E-state index in [1.54, 1.807) is 48.5 Å². The van der Waals surface area contributed by atoms with Gasteiger partial charge in [-0.05, 0) is 54.5 Å². The average molecular weight is 406 g/mol. The number of ether oxygens (including phenoxy) is 1. The van der Waals surface area contributed by atoms with Gasteiger partial charge in [-0.15, -0.1) is 0 Å². The maximum absolute atomic E-state index is 12.4. The number of benzene rings is 2. The van der Waals surface area contributed by atoms with E-state index >= 15 is 0 Å². The summed E-state index contributed by atoms with van der Waals surface area (Å²) in [5, 5.41) is 2.99. The molecule has 0 unspecified atom stereocenters. The molecule has 0 aromatic heterocycles. The number of rotatable bonds is 5. The molecule has 142 valence electrons. The first-order valence-corrected chi connectivity index (χ1v) is 9.04. The normalized spacial score (nSPS) is 10.2. The summed E-state index contributed by atoms with van der Waals surface area (Å²) >= 11 is 10.8. The predicted molar refractivity (Wildman–Crippen MR) is 109 cm³/mol. The molecule has 0 bridgehead atoms. The number of thiocarbonyl (C=S) groups is 1. The molecule has 0 saturated heterocycles. The minimum absolute atomic E-state index is 0.0408. The fourth-order valence-electron chi connectivity index (χ4n) is 2.03. The van der Waals surface area contributed by atoms with Crippen molar-refractivity contribution in [2.45, 2.75) is 13.8 Å². The lowest BCUT2D eigenvalue weighted by Crippen LogP contribution is -2.48. The van der Waals surface area contributed by atoms with Crippen LogP contribution in [0.2, 0.25) is 5.02 Å². The van der Waals surface area contributed by atoms with Gasteiger partial charge >= 0.3 is 0 Å². The molecule has 27 heavy (non-hydrogen) atoms. The Kier molecular flexibility index (Phi) is 7.57. The first-order chi connectivity index (χ1) is 12.9. The van der Waals surface area contributed by atoms with E-state index in [9.17, 15) is 9.59 Å². The molecule has 0 heterocycles. The Morgan fingerprint density at radius 3 is 2.37 bits per heavy atom. The van der Waals surface area contributed by atoms with Crippen molar-refractivity contribution in [3.05, 3.63) is 64.7 Å². The summed E-state index contributed by atoms with van der Waals surface area (Å²) in [5.41, 5.74) is 5.65. The van der Waals surface area contributed by atoms with E-state index in [-0.39, 0.29) is 5.11 Å². The van der Waals surface area contributed by atoms with Crippen LogP contribution < -0.4 is 20.9 Å². The zero-order valence-electron chi connectivity index (χ0n) is 14.9. The first kappa shape index (κ1) is 20.7. The number of nitrogens with one attached hydrogen (secondary N) is 3. The van der Waals surface area contributed by atoms with Gasteiger partial charge in [-0.25, -0.2) is 0 Å². The van der Waals surface area contributed by atoms with Crippen LogP contribution in [0.5, 0.6) is 5.75 Å². The Morgan fingerprint density at radius 1 is 1.04 bits per heavy atom. The number of hydrogen-bond donors (Lipinski definition) is 3. The third-order valence-corrected chi connectivity index (χ3v) is 3.78. The molecule has 2 amide bonds. The van der Waals surface area contributed by atoms with Crippen LogP contribution in [0.25, 0.3) is 0 Å². The molecule has 0 radical (unpaired) electrons. The summed E-state index contributed by atoms with van der Waals surface area (Å²) in [5.74, 6) is -0.0554. The third kappa shape index (κ3) is 6.54. The largest absolute Gasteiger partial charge is 0.492 e. The molecule has 0 fully saturated rings. The zero-order valence-corrected chi connectivity index (χ0v) is 16.5. The molecule has 2 rings (SSSR count). The minimum Gasteiger partial charge on any atom is -0.492 e. The molecule has 6 nitrogen and oxygen atoms in total. The van der Waals surface area contributed by atoms with Crippen molar-refractivity contribution < 1.29 is 14.3 Å². The van der Waals surface area contributed by atoms with Gasteiger partial charge in [0.05, 0.1) is 12.2 Å². The van der Waals surface area contributed by atoms with E-state index in [2.05, 4.69) is 16.2 Å². The van der Waals surface area contributed by atoms with Crippen LogP contribution in [-0.2, 0) is 0 Å². The van der Waals surface area contributed by atoms with E-state index in [4.69, 9.17) is 28.6 Å². The lowest BCUT2D eigenvalue weighted by atomic mass is 10.2. The van der Waals surface area contributed by atoms with Crippen LogP contribution in [0.4, 0.5) is 0 Å². The Labute approximate surface area is 168 Å². The number of para-hydroxylation sites is 1. The number of carbonyl (C=O) groups is 2. The quantitative estimate of drug-likeness (QED) is 0.525. The summed E-state index contributed by atoms with van der Waals surface area (Å²) < 4.78 is 5.66. The lowest BCUT2D eigenvalue weighted by Gasteiger charge is -2.14. The highest BCUT2D eigenvalue weighted by Crippen LogP contribution is 2.18. The van der Waals surface area contributed by atoms with Gasteiger partial charge < -0.3 is 4.74 Å². The van der Waals surface area contributed by atoms with Gasteiger partial charge in [-0.2, -0.15) is 0 Å². The molecule has 8 heteroatoms. The SMILES string of the molecule is CC(C)COc1ccccc1C(=O)NC(=S)NNC(=O)c1ccc(Cl)cc1. The van der Waals surface area contributed by atoms with Crippen molar-refractivity contribution in [3.8, 4) is 5.75 Å². The molecule has 0 saturated carbocycles. The van der Waals surface area contributed by atoms with Gasteiger partial charge in [0.15, 0.2) is 5.11 Å². The highest BCUT2D eigenvalue weighted by molar-refractivity contribution is 7.80. The first-order valence-electron chi connectivity index (χ1n) is 8.26. The molecule has 0 atom stereocenters. The monoisotopic (exact) mass is 405 g/mol. The molecular weight excluding hydrogens is 386 g/mol. The number of amides is 2. The number of carbonyl (C=O) groups excluding carboxylic acids is 2. The molecule has 0 aliphatic rings. The van der Waals surface area contributed by atoms with Crippen molar-refractivity contribution >= 4 is 40.7 Å². The molecule has 2 aromatic carbocycles. The number of halogens is 1. The fraction of sp³-hybridized carbons (Fsp3) is 0.211. The van der Waals surface area contributed by atoms with E-state index in [0.717, 1.165) is 0 Å². The van der Waals surface area contributed by atoms with Gasteiger partial charge in [0.2, 0.25) is 0 Å². The van der Waals surface area contributed by atoms with Crippen LogP contribution in [0.1, 0.15) is 34.6 Å². The fourth-order valence-corrected chi connectivity index (χ4v) is 2.29. The molecule has 2 aromatic rings. The van der Waals surface area contributed by atoms with Gasteiger partial charge in [0, 0.05) is 10.6 Å². The standard InChI is InChI=1S/C19H20ClN3O3S/c1-12(2)11-26-16-6-4-3-5-15(16)18(25)21-19(27)23-22-17(24)13-7-9-14(20)10-8-13/h3-10,12H,11H2,1-2H3,(H,22,24)(H2,21,23,25,27). The summed E-state index contributed by atoms with van der Waals surface area (Å²) in [6.07, 6.45) is 0. The van der Waals surface area contributed by atoms with Crippen molar-refractivity contribution in [2.24, 2.45) is 5.92 Å². The second kappa shape index (κ2) is 9.89. The lowest BCUT2D eigenvalue weighted by molar-refractivity contribution is 0.0933. The summed E-state index contributed by atoms with van der Waals surface area (Å²) in [6, 6.07) is 13.2. The number of hydrogen-bond acceptors (Lipinski definition) is 4. The summed E-state index contributed by atoms with van der Waals surface area (Å²) in [7, 11) is 0. The van der Waals surface area contributed by atoms with Gasteiger partial charge in [-0.3, -0.25) is 25.8 Å². The predicted octanol–water partition coefficient (Wildman–Crippen LogP) is 3.32. The van der Waals surface area contributed by atoms with Crippen molar-refractivity contribution in [1.29, 1.82) is 0 Å². The van der Waals surface area contributed by atoms with Gasteiger partial charge in [-0.1, -0.05) is 37.6 Å². The van der Waals surface area contributed by atoms with Gasteiger partial charge in [0.25, 0.3) is 11.8 Å². The highest BCUT2D eigenvalue weighted by Gasteiger charge is 2.14. The van der Waals surface area contributed by atoms with E-state index in [1.165, 1.54) is 0 Å². The van der Waals surface area contributed by atoms with Crippen molar-refractivity contribution in [2.75, 3.05) is 6.61 Å². The Hall–Kier alpha value is -2.64. The zero-order chi connectivity index (χ0) is 19.8. The smallest absolute Gasteiger partial charge is 0.269 e. The van der Waals surface area contributed by atoms with Crippen LogP contribution in [0.3, 0.4) is 0 Å². The summed E-state index contributed by atoms with van der Waals surface area (Å²) in [6.45, 7) is 4.53. The molecule has 0 aliphatic heterocycles. The van der Waals surface area contributed by atoms with Gasteiger partial charge in [0.1, 0.15) is 5.75 Å². The van der Waals surface area contributed by atoms with E-state index in [1.807, 2.05) is 13.8 Å². The topological polar surface area (TPSA) is 79.5 Å². The van der Waals surface area contributed by atoms with E-state index < -0.39 is 11.8 Å². The van der Waals surface area contributed by atoms with Crippen LogP contribution in [0.15, 0.2) is 48.5 Å². The van der Waals surface area contributed by atoms with Crippen molar-refractivity contribution in [3.63, 3.8) is 0 Å². The van der Waals surface area contributed by atoms with Crippen LogP contribution >= 0.6 is 23.8 Å². The van der Waals surface area contributed by atoms with E-state index in [0.29, 0.717) is 34.4 Å². The second-order valence-corrected chi connectivity index (χ2v) is 6.91. The Bertz CT molecular complexity index is 825. The third-order valence-electron chi connectivity index (χ3n) is 3.33.